The normalized spacial score (nSPS) is 10.1. The molecule has 1 radical (unpaired) electrons. The third-order valence-electron chi connectivity index (χ3n) is 1.60. The Hall–Kier alpha value is -1.64. The molecule has 1 N–H and O–H groups in total. The van der Waals surface area contributed by atoms with Crippen LogP contribution in [-0.4, -0.2) is 15.0 Å². The number of imidazole rings is 1. The Morgan fingerprint density at radius 3 is 2.67 bits per heavy atom. The van der Waals surface area contributed by atoms with Crippen molar-refractivity contribution in [3.05, 3.63) is 36.4 Å². The standard InChI is InChI=1S/C9H8N3/c1-7-6-11-9(12-7)8-2-4-10-5-3-8/h2-5H,1H3,(H,11,12). The predicted octanol–water partition coefficient (Wildman–Crippen LogP) is 1.58. The van der Waals surface area contributed by atoms with Gasteiger partial charge in [-0.1, -0.05) is 0 Å². The van der Waals surface area contributed by atoms with Gasteiger partial charge in [0.1, 0.15) is 12.0 Å². The highest BCUT2D eigenvalue weighted by atomic mass is 14.9. The smallest absolute Gasteiger partial charge is 0.138 e. The molecule has 2 aromatic rings. The third-order valence-corrected chi connectivity index (χ3v) is 1.60. The first-order valence-corrected chi connectivity index (χ1v) is 3.71. The molecule has 12 heavy (non-hydrogen) atoms. The van der Waals surface area contributed by atoms with Crippen molar-refractivity contribution in [2.45, 2.75) is 6.92 Å². The molecule has 0 amide bonds. The summed E-state index contributed by atoms with van der Waals surface area (Å²) >= 11 is 0. The SMILES string of the molecule is Cc1[c]nc(-c2ccncc2)[nH]1. The number of H-pyrrole nitrogens is 1. The average Bonchev–Trinajstić information content (AvgIpc) is 2.54. The summed E-state index contributed by atoms with van der Waals surface area (Å²) in [5.74, 6) is 0.842. The van der Waals surface area contributed by atoms with E-state index in [2.05, 4.69) is 21.1 Å². The first kappa shape index (κ1) is 7.03. The highest BCUT2D eigenvalue weighted by Crippen LogP contribution is 2.12. The zero-order valence-corrected chi connectivity index (χ0v) is 6.70. The van der Waals surface area contributed by atoms with Crippen molar-refractivity contribution in [3.63, 3.8) is 0 Å². The van der Waals surface area contributed by atoms with Gasteiger partial charge in [-0.25, -0.2) is 4.98 Å². The van der Waals surface area contributed by atoms with E-state index in [0.717, 1.165) is 17.1 Å². The minimum atomic E-state index is 0.842. The van der Waals surface area contributed by atoms with Crippen molar-refractivity contribution >= 4 is 0 Å². The predicted molar refractivity (Wildman–Crippen MR) is 45.4 cm³/mol. The highest BCUT2D eigenvalue weighted by molar-refractivity contribution is 5.53. The summed E-state index contributed by atoms with van der Waals surface area (Å²) in [4.78, 5) is 11.1. The van der Waals surface area contributed by atoms with E-state index in [9.17, 15) is 0 Å². The summed E-state index contributed by atoms with van der Waals surface area (Å²) in [6.45, 7) is 1.93. The quantitative estimate of drug-likeness (QED) is 0.684. The molecule has 2 aromatic heterocycles. The van der Waals surface area contributed by atoms with Gasteiger partial charge in [-0.15, -0.1) is 0 Å². The number of aryl methyl sites for hydroxylation is 1. The van der Waals surface area contributed by atoms with Gasteiger partial charge in [0, 0.05) is 23.7 Å². The molecule has 0 aliphatic rings. The zero-order chi connectivity index (χ0) is 8.39. The molecule has 0 saturated carbocycles. The summed E-state index contributed by atoms with van der Waals surface area (Å²) in [6, 6.07) is 3.82. The maximum Gasteiger partial charge on any atom is 0.138 e. The number of hydrogen-bond acceptors (Lipinski definition) is 2. The summed E-state index contributed by atoms with van der Waals surface area (Å²) in [7, 11) is 0. The highest BCUT2D eigenvalue weighted by Gasteiger charge is 1.99. The van der Waals surface area contributed by atoms with E-state index in [1.807, 2.05) is 19.1 Å². The van der Waals surface area contributed by atoms with Gasteiger partial charge in [0.05, 0.1) is 0 Å². The molecule has 0 aliphatic carbocycles. The van der Waals surface area contributed by atoms with Crippen molar-refractivity contribution in [2.75, 3.05) is 0 Å². The van der Waals surface area contributed by atoms with Gasteiger partial charge in [0.2, 0.25) is 0 Å². The molecule has 0 saturated heterocycles. The van der Waals surface area contributed by atoms with E-state index in [1.54, 1.807) is 12.4 Å². The minimum Gasteiger partial charge on any atom is -0.341 e. The minimum absolute atomic E-state index is 0.842. The van der Waals surface area contributed by atoms with E-state index in [0.29, 0.717) is 0 Å². The van der Waals surface area contributed by atoms with Crippen LogP contribution in [0.5, 0.6) is 0 Å². The van der Waals surface area contributed by atoms with Crippen molar-refractivity contribution in [2.24, 2.45) is 0 Å². The summed E-state index contributed by atoms with van der Waals surface area (Å²) in [6.07, 6.45) is 6.33. The maximum atomic E-state index is 4.08. The molecule has 0 unspecified atom stereocenters. The van der Waals surface area contributed by atoms with Gasteiger partial charge in [0.15, 0.2) is 0 Å². The molecular weight excluding hydrogens is 150 g/mol. The molecule has 59 valence electrons. The first-order valence-electron chi connectivity index (χ1n) is 3.71. The number of nitrogens with one attached hydrogen (secondary N) is 1. The van der Waals surface area contributed by atoms with E-state index >= 15 is 0 Å². The van der Waals surface area contributed by atoms with Gasteiger partial charge in [0.25, 0.3) is 0 Å². The summed E-state index contributed by atoms with van der Waals surface area (Å²) in [5, 5.41) is 0. The average molecular weight is 158 g/mol. The van der Waals surface area contributed by atoms with Crippen LogP contribution in [0.4, 0.5) is 0 Å². The Bertz CT molecular complexity index is 364. The lowest BCUT2D eigenvalue weighted by Gasteiger charge is -1.92. The second-order valence-electron chi connectivity index (χ2n) is 2.56. The van der Waals surface area contributed by atoms with E-state index in [-0.39, 0.29) is 0 Å². The fourth-order valence-corrected chi connectivity index (χ4v) is 1.02. The lowest BCUT2D eigenvalue weighted by molar-refractivity contribution is 1.24. The molecule has 2 heterocycles. The molecule has 0 atom stereocenters. The Morgan fingerprint density at radius 1 is 1.33 bits per heavy atom. The fraction of sp³-hybridized carbons (Fsp3) is 0.111. The second kappa shape index (κ2) is 2.77. The number of rotatable bonds is 1. The molecule has 0 aliphatic heterocycles. The van der Waals surface area contributed by atoms with Gasteiger partial charge in [-0.2, -0.15) is 0 Å². The Labute approximate surface area is 70.5 Å². The van der Waals surface area contributed by atoms with Crippen LogP contribution in [0.15, 0.2) is 24.5 Å². The van der Waals surface area contributed by atoms with Crippen molar-refractivity contribution < 1.29 is 0 Å². The molecule has 3 nitrogen and oxygen atoms in total. The molecule has 2 rings (SSSR count). The molecule has 0 spiro atoms. The van der Waals surface area contributed by atoms with Crippen LogP contribution >= 0.6 is 0 Å². The number of aromatic nitrogens is 3. The van der Waals surface area contributed by atoms with Gasteiger partial charge in [-0.05, 0) is 19.1 Å². The van der Waals surface area contributed by atoms with Gasteiger partial charge < -0.3 is 4.98 Å². The van der Waals surface area contributed by atoms with Crippen LogP contribution in [-0.2, 0) is 0 Å². The zero-order valence-electron chi connectivity index (χ0n) is 6.70. The number of nitrogens with zero attached hydrogens (tertiary/aromatic N) is 2. The van der Waals surface area contributed by atoms with E-state index < -0.39 is 0 Å². The molecule has 0 fully saturated rings. The lowest BCUT2D eigenvalue weighted by Crippen LogP contribution is -1.80. The van der Waals surface area contributed by atoms with Crippen LogP contribution in [0.2, 0.25) is 0 Å². The summed E-state index contributed by atoms with van der Waals surface area (Å²) in [5.41, 5.74) is 1.98. The molecule has 0 aromatic carbocycles. The number of aromatic amines is 1. The van der Waals surface area contributed by atoms with Crippen molar-refractivity contribution in [1.82, 2.24) is 15.0 Å². The number of pyridine rings is 1. The van der Waals surface area contributed by atoms with Crippen molar-refractivity contribution in [3.8, 4) is 11.4 Å². The molecule has 0 bridgehead atoms. The van der Waals surface area contributed by atoms with Crippen molar-refractivity contribution in [1.29, 1.82) is 0 Å². The molecule has 3 heteroatoms. The lowest BCUT2D eigenvalue weighted by atomic mass is 10.3. The monoisotopic (exact) mass is 158 g/mol. The Morgan fingerprint density at radius 2 is 2.08 bits per heavy atom. The van der Waals surface area contributed by atoms with Crippen LogP contribution < -0.4 is 0 Å². The number of hydrogen-bond donors (Lipinski definition) is 1. The van der Waals surface area contributed by atoms with Crippen LogP contribution in [0.1, 0.15) is 5.69 Å². The summed E-state index contributed by atoms with van der Waals surface area (Å²) < 4.78 is 0. The third kappa shape index (κ3) is 1.21. The van der Waals surface area contributed by atoms with Crippen LogP contribution in [0.3, 0.4) is 0 Å². The first-order chi connectivity index (χ1) is 5.86. The van der Waals surface area contributed by atoms with E-state index in [1.165, 1.54) is 0 Å². The topological polar surface area (TPSA) is 41.6 Å². The largest absolute Gasteiger partial charge is 0.341 e. The van der Waals surface area contributed by atoms with Crippen LogP contribution in [0.25, 0.3) is 11.4 Å². The van der Waals surface area contributed by atoms with Gasteiger partial charge >= 0.3 is 0 Å². The molecular formula is C9H8N3. The Kier molecular flexibility index (Phi) is 1.63. The Balaban J connectivity index is 2.45. The van der Waals surface area contributed by atoms with E-state index in [4.69, 9.17) is 0 Å². The fourth-order valence-electron chi connectivity index (χ4n) is 1.02. The van der Waals surface area contributed by atoms with Crippen LogP contribution in [0, 0.1) is 13.1 Å². The second-order valence-corrected chi connectivity index (χ2v) is 2.56. The maximum absolute atomic E-state index is 4.08. The van der Waals surface area contributed by atoms with Gasteiger partial charge in [-0.3, -0.25) is 4.98 Å².